The summed E-state index contributed by atoms with van der Waals surface area (Å²) < 4.78 is 0. The molecule has 0 radical (unpaired) electrons. The average molecular weight is 649 g/mol. The topological polar surface area (TPSA) is 125 Å². The molecule has 0 saturated heterocycles. The summed E-state index contributed by atoms with van der Waals surface area (Å²) in [4.78, 5) is 42.6. The summed E-state index contributed by atoms with van der Waals surface area (Å²) >= 11 is 0. The molecule has 242 valence electrons. The van der Waals surface area contributed by atoms with Gasteiger partial charge in [0.05, 0.1) is 22.4 Å². The minimum atomic E-state index is -1.17. The number of amides is 1. The second-order valence-corrected chi connectivity index (χ2v) is 11.4. The van der Waals surface area contributed by atoms with Crippen LogP contribution in [0.5, 0.6) is 0 Å². The largest absolute Gasteiger partial charge is 0.478 e. The molecule has 0 atom stereocenters. The predicted octanol–water partition coefficient (Wildman–Crippen LogP) is 8.80. The summed E-state index contributed by atoms with van der Waals surface area (Å²) in [5.41, 5.74) is 10.3. The molecule has 0 aliphatic carbocycles. The Balaban J connectivity index is 1.03. The van der Waals surface area contributed by atoms with E-state index in [0.29, 0.717) is 17.7 Å². The Morgan fingerprint density at radius 3 is 1.57 bits per heavy atom. The molecule has 0 spiro atoms. The first-order valence-electron chi connectivity index (χ1n) is 15.6. The quantitative estimate of drug-likeness (QED) is 0.0978. The van der Waals surface area contributed by atoms with Crippen LogP contribution < -0.4 is 10.8 Å². The molecule has 4 N–H and O–H groups in total. The van der Waals surface area contributed by atoms with Crippen molar-refractivity contribution in [2.75, 3.05) is 10.8 Å². The molecule has 49 heavy (non-hydrogen) atoms. The van der Waals surface area contributed by atoms with Crippen molar-refractivity contribution < 1.29 is 29.4 Å². The van der Waals surface area contributed by atoms with E-state index in [0.717, 1.165) is 39.1 Å². The van der Waals surface area contributed by atoms with Gasteiger partial charge >= 0.3 is 11.9 Å². The van der Waals surface area contributed by atoms with Gasteiger partial charge in [0.1, 0.15) is 6.61 Å². The minimum Gasteiger partial charge on any atom is -0.478 e. The van der Waals surface area contributed by atoms with Gasteiger partial charge in [-0.1, -0.05) is 103 Å². The highest BCUT2D eigenvalue weighted by Crippen LogP contribution is 2.25. The van der Waals surface area contributed by atoms with Crippen LogP contribution in [0.15, 0.2) is 146 Å². The van der Waals surface area contributed by atoms with Gasteiger partial charge in [-0.25, -0.2) is 9.59 Å². The zero-order chi connectivity index (χ0) is 34.2. The van der Waals surface area contributed by atoms with E-state index in [1.54, 1.807) is 30.3 Å². The maximum Gasteiger partial charge on any atom is 0.336 e. The molecular weight excluding hydrogens is 616 g/mol. The van der Waals surface area contributed by atoms with Crippen LogP contribution in [0.4, 0.5) is 11.4 Å². The normalized spacial score (nSPS) is 10.7. The Bertz CT molecular complexity index is 2100. The first-order chi connectivity index (χ1) is 23.8. The van der Waals surface area contributed by atoms with Gasteiger partial charge in [0, 0.05) is 5.69 Å². The Hall–Kier alpha value is -6.51. The lowest BCUT2D eigenvalue weighted by molar-refractivity contribution is 0.0682. The van der Waals surface area contributed by atoms with Gasteiger partial charge in [0.2, 0.25) is 0 Å². The monoisotopic (exact) mass is 648 g/mol. The number of aromatic carboxylic acids is 2. The first kappa shape index (κ1) is 32.4. The van der Waals surface area contributed by atoms with Gasteiger partial charge in [0.15, 0.2) is 0 Å². The zero-order valence-corrected chi connectivity index (χ0v) is 26.3. The summed E-state index contributed by atoms with van der Waals surface area (Å²) in [5, 5.41) is 22.4. The van der Waals surface area contributed by atoms with E-state index in [-0.39, 0.29) is 23.3 Å². The van der Waals surface area contributed by atoms with E-state index in [1.165, 1.54) is 12.1 Å². The van der Waals surface area contributed by atoms with Crippen LogP contribution in [0.2, 0.25) is 0 Å². The molecule has 6 aromatic rings. The van der Waals surface area contributed by atoms with Gasteiger partial charge in [-0.2, -0.15) is 0 Å². The number of hydrogen-bond acceptors (Lipinski definition) is 5. The molecule has 0 aliphatic rings. The SMILES string of the molecule is O=C(O)c1cc(-c2ccccc2)ccc1CONc1ccc(Cc2ccc(NC(=O)c3ccc(-c4ccccc4)cc3C(=O)O)cc2)cc1. The Labute approximate surface area is 283 Å². The van der Waals surface area contributed by atoms with Crippen molar-refractivity contribution in [3.05, 3.63) is 179 Å². The summed E-state index contributed by atoms with van der Waals surface area (Å²) in [5.74, 6) is -2.69. The van der Waals surface area contributed by atoms with Gasteiger partial charge in [-0.15, -0.1) is 0 Å². The fourth-order valence-electron chi connectivity index (χ4n) is 5.47. The Kier molecular flexibility index (Phi) is 9.88. The van der Waals surface area contributed by atoms with Crippen LogP contribution in [-0.2, 0) is 17.9 Å². The van der Waals surface area contributed by atoms with Crippen LogP contribution in [0.3, 0.4) is 0 Å². The van der Waals surface area contributed by atoms with Gasteiger partial charge < -0.3 is 15.5 Å². The van der Waals surface area contributed by atoms with Crippen molar-refractivity contribution in [3.8, 4) is 22.3 Å². The van der Waals surface area contributed by atoms with Crippen molar-refractivity contribution in [1.82, 2.24) is 0 Å². The van der Waals surface area contributed by atoms with E-state index in [2.05, 4.69) is 10.8 Å². The maximum absolute atomic E-state index is 13.0. The number of benzene rings is 6. The van der Waals surface area contributed by atoms with Crippen LogP contribution in [0.25, 0.3) is 22.3 Å². The predicted molar refractivity (Wildman–Crippen MR) is 190 cm³/mol. The molecule has 0 saturated carbocycles. The van der Waals surface area contributed by atoms with Crippen LogP contribution in [-0.4, -0.2) is 28.1 Å². The van der Waals surface area contributed by atoms with Crippen molar-refractivity contribution in [1.29, 1.82) is 0 Å². The number of carboxylic acids is 2. The molecule has 8 nitrogen and oxygen atoms in total. The minimum absolute atomic E-state index is 0.0674. The van der Waals surface area contributed by atoms with E-state index in [9.17, 15) is 24.6 Å². The Morgan fingerprint density at radius 2 is 1.02 bits per heavy atom. The van der Waals surface area contributed by atoms with Crippen molar-refractivity contribution in [2.24, 2.45) is 0 Å². The third-order valence-corrected chi connectivity index (χ3v) is 8.04. The van der Waals surface area contributed by atoms with Crippen LogP contribution in [0, 0.1) is 0 Å². The molecule has 1 amide bonds. The third-order valence-electron chi connectivity index (χ3n) is 8.04. The standard InChI is InChI=1S/C41H32N2O6/c44-39(36-22-17-32(25-38(36)41(47)48)30-9-5-2-6-10-30)42-34-18-11-27(12-19-34)23-28-13-20-35(21-14-28)43-49-26-33-16-15-31(24-37(33)40(45)46)29-7-3-1-4-8-29/h1-22,24-25,43H,23,26H2,(H,42,44)(H,45,46)(H,47,48). The molecule has 0 fully saturated rings. The van der Waals surface area contributed by atoms with E-state index < -0.39 is 17.8 Å². The van der Waals surface area contributed by atoms with E-state index in [4.69, 9.17) is 4.84 Å². The molecule has 0 aromatic heterocycles. The van der Waals surface area contributed by atoms with E-state index in [1.807, 2.05) is 103 Å². The highest BCUT2D eigenvalue weighted by molar-refractivity contribution is 6.11. The van der Waals surface area contributed by atoms with Gasteiger partial charge in [0.25, 0.3) is 5.91 Å². The smallest absolute Gasteiger partial charge is 0.336 e. The molecule has 8 heteroatoms. The molecule has 0 aliphatic heterocycles. The lowest BCUT2D eigenvalue weighted by Crippen LogP contribution is -2.16. The summed E-state index contributed by atoms with van der Waals surface area (Å²) in [6, 6.07) is 44.2. The lowest BCUT2D eigenvalue weighted by Gasteiger charge is -2.12. The first-order valence-corrected chi connectivity index (χ1v) is 15.6. The molecule has 0 bridgehead atoms. The number of nitrogens with one attached hydrogen (secondary N) is 2. The maximum atomic E-state index is 13.0. The average Bonchev–Trinajstić information content (AvgIpc) is 3.13. The zero-order valence-electron chi connectivity index (χ0n) is 26.3. The van der Waals surface area contributed by atoms with Crippen molar-refractivity contribution in [2.45, 2.75) is 13.0 Å². The highest BCUT2D eigenvalue weighted by atomic mass is 16.6. The number of rotatable bonds is 12. The molecular formula is C41H32N2O6. The number of hydrogen-bond donors (Lipinski definition) is 4. The molecule has 6 rings (SSSR count). The van der Waals surface area contributed by atoms with Crippen molar-refractivity contribution in [3.63, 3.8) is 0 Å². The molecule has 6 aromatic carbocycles. The van der Waals surface area contributed by atoms with E-state index >= 15 is 0 Å². The Morgan fingerprint density at radius 1 is 0.510 bits per heavy atom. The fourth-order valence-corrected chi connectivity index (χ4v) is 5.47. The molecule has 0 unspecified atom stereocenters. The summed E-state index contributed by atoms with van der Waals surface area (Å²) in [7, 11) is 0. The highest BCUT2D eigenvalue weighted by Gasteiger charge is 2.18. The summed E-state index contributed by atoms with van der Waals surface area (Å²) in [6.07, 6.45) is 0.648. The number of carbonyl (C=O) groups excluding carboxylic acids is 1. The summed E-state index contributed by atoms with van der Waals surface area (Å²) in [6.45, 7) is 0.0674. The van der Waals surface area contributed by atoms with Crippen LogP contribution >= 0.6 is 0 Å². The van der Waals surface area contributed by atoms with Crippen molar-refractivity contribution >= 4 is 29.2 Å². The number of carboxylic acid groups (broad SMARTS) is 2. The number of carbonyl (C=O) groups is 3. The van der Waals surface area contributed by atoms with Crippen LogP contribution in [0.1, 0.15) is 47.8 Å². The lowest BCUT2D eigenvalue weighted by atomic mass is 9.98. The fraction of sp³-hybridized carbons (Fsp3) is 0.0488. The molecule has 0 heterocycles. The third kappa shape index (κ3) is 8.08. The van der Waals surface area contributed by atoms with Gasteiger partial charge in [-0.3, -0.25) is 15.1 Å². The second kappa shape index (κ2) is 14.9. The van der Waals surface area contributed by atoms with Gasteiger partial charge in [-0.05, 0) is 87.8 Å². The number of anilines is 2. The second-order valence-electron chi connectivity index (χ2n) is 11.4.